The molecule has 5 aromatic rings. The summed E-state index contributed by atoms with van der Waals surface area (Å²) in [5.41, 5.74) is 8.70. The number of amides is 1. The van der Waals surface area contributed by atoms with Gasteiger partial charge in [0.1, 0.15) is 25.5 Å². The van der Waals surface area contributed by atoms with Gasteiger partial charge in [-0.2, -0.15) is 0 Å². The second-order valence-electron chi connectivity index (χ2n) is 15.8. The Morgan fingerprint density at radius 1 is 0.702 bits per heavy atom. The molecule has 5 nitrogen and oxygen atoms in total. The number of rotatable bonds is 15. The van der Waals surface area contributed by atoms with Gasteiger partial charge in [0.2, 0.25) is 0 Å². The van der Waals surface area contributed by atoms with Crippen LogP contribution in [0.4, 0.5) is 10.5 Å². The van der Waals surface area contributed by atoms with Crippen molar-refractivity contribution in [3.8, 4) is 17.2 Å². The fourth-order valence-electron chi connectivity index (χ4n) is 7.81. The van der Waals surface area contributed by atoms with E-state index in [2.05, 4.69) is 155 Å². The van der Waals surface area contributed by atoms with Gasteiger partial charge in [0, 0.05) is 18.1 Å². The van der Waals surface area contributed by atoms with Crippen LogP contribution < -0.4 is 9.64 Å². The molecule has 6 rings (SSSR count). The van der Waals surface area contributed by atoms with E-state index in [0.29, 0.717) is 19.0 Å². The normalized spacial score (nSPS) is 14.8. The van der Waals surface area contributed by atoms with Crippen molar-refractivity contribution in [1.29, 1.82) is 0 Å². The number of carbonyl (C=O) groups excluding carboxylic acids is 1. The van der Waals surface area contributed by atoms with Gasteiger partial charge in [-0.3, -0.25) is 4.90 Å². The molecule has 0 saturated heterocycles. The number of nitrogens with zero attached hydrogens (tertiary/aromatic N) is 1. The average molecular weight is 792 g/mol. The Balaban J connectivity index is 1.49. The minimum Gasteiger partial charge on any atom is -0.417 e. The quantitative estimate of drug-likeness (QED) is 0.0602. The monoisotopic (exact) mass is 791 g/mol. The van der Waals surface area contributed by atoms with E-state index in [4.69, 9.17) is 13.9 Å². The predicted octanol–water partition coefficient (Wildman–Crippen LogP) is 12.4. The van der Waals surface area contributed by atoms with Gasteiger partial charge >= 0.3 is 6.09 Å². The molecule has 1 aliphatic rings. The van der Waals surface area contributed by atoms with Gasteiger partial charge in [-0.1, -0.05) is 174 Å². The number of fused-ring (bicyclic) bond motifs is 1. The van der Waals surface area contributed by atoms with Crippen molar-refractivity contribution in [3.63, 3.8) is 0 Å². The lowest BCUT2D eigenvalue weighted by atomic mass is 9.79. The number of hydrogen-bond donors (Lipinski definition) is 0. The summed E-state index contributed by atoms with van der Waals surface area (Å²) in [7, 11) is -3.72. The van der Waals surface area contributed by atoms with Gasteiger partial charge in [0.15, 0.2) is 8.32 Å². The highest BCUT2D eigenvalue weighted by atomic mass is 28.4. The number of hydrogen-bond acceptors (Lipinski definition) is 4. The molecular formula is C50H57NO4Si2. The predicted molar refractivity (Wildman–Crippen MR) is 241 cm³/mol. The lowest BCUT2D eigenvalue weighted by Gasteiger charge is -2.39. The van der Waals surface area contributed by atoms with E-state index in [0.717, 1.165) is 58.1 Å². The molecule has 0 aromatic heterocycles. The van der Waals surface area contributed by atoms with Crippen LogP contribution in [-0.4, -0.2) is 41.7 Å². The largest absolute Gasteiger partial charge is 0.421 e. The van der Waals surface area contributed by atoms with E-state index in [1.54, 1.807) is 17.0 Å². The first kappa shape index (κ1) is 41.7. The molecule has 57 heavy (non-hydrogen) atoms. The third-order valence-corrected chi connectivity index (χ3v) is 16.7. The van der Waals surface area contributed by atoms with Gasteiger partial charge < -0.3 is 13.9 Å². The summed E-state index contributed by atoms with van der Waals surface area (Å²) in [5, 5.41) is 0. The van der Waals surface area contributed by atoms with E-state index >= 15 is 0 Å². The van der Waals surface area contributed by atoms with Crippen LogP contribution in [0.3, 0.4) is 0 Å². The standard InChI is InChI=1S/C50H57NO4Si2/c1-7-57(8-2,9-3)54-36-34-40(39-53-50(41-24-14-10-15-25-41,42-26-16-11-17-27-42)43-28-18-12-19-29-43)47-38-44(35-37-56(4,5)6)51(48-33-23-22-32-46(47)48)49(52)55-45-30-20-13-21-31-45/h10-33,38,40,44H,7-9,34,36,39H2,1-6H3/t40-,44+/m1/s1. The van der Waals surface area contributed by atoms with Crippen LogP contribution in [0.5, 0.6) is 5.75 Å². The third kappa shape index (κ3) is 9.77. The second kappa shape index (κ2) is 19.0. The maximum atomic E-state index is 14.2. The minimum atomic E-state index is -1.88. The van der Waals surface area contributed by atoms with Gasteiger partial charge in [-0.25, -0.2) is 4.79 Å². The molecule has 1 amide bonds. The molecule has 0 fully saturated rings. The maximum absolute atomic E-state index is 14.2. The molecule has 7 heteroatoms. The molecule has 1 aliphatic heterocycles. The van der Waals surface area contributed by atoms with E-state index < -0.39 is 34.1 Å². The summed E-state index contributed by atoms with van der Waals surface area (Å²) in [6, 6.07) is 51.7. The molecule has 0 N–H and O–H groups in total. The number of ether oxygens (including phenoxy) is 2. The molecular weight excluding hydrogens is 735 g/mol. The first-order valence-corrected chi connectivity index (χ1v) is 26.5. The highest BCUT2D eigenvalue weighted by Gasteiger charge is 2.40. The van der Waals surface area contributed by atoms with E-state index in [1.807, 2.05) is 36.4 Å². The summed E-state index contributed by atoms with van der Waals surface area (Å²) in [6.45, 7) is 14.5. The van der Waals surface area contributed by atoms with Crippen molar-refractivity contribution in [1.82, 2.24) is 0 Å². The van der Waals surface area contributed by atoms with Gasteiger partial charge in [-0.15, -0.1) is 5.54 Å². The lowest BCUT2D eigenvalue weighted by molar-refractivity contribution is -0.00214. The number of para-hydroxylation sites is 2. The fourth-order valence-corrected chi connectivity index (χ4v) is 11.1. The molecule has 294 valence electrons. The van der Waals surface area contributed by atoms with Crippen LogP contribution >= 0.6 is 0 Å². The van der Waals surface area contributed by atoms with Crippen molar-refractivity contribution in [3.05, 3.63) is 174 Å². The van der Waals surface area contributed by atoms with E-state index in [-0.39, 0.29) is 5.92 Å². The number of anilines is 1. The highest BCUT2D eigenvalue weighted by molar-refractivity contribution is 6.83. The molecule has 1 heterocycles. The third-order valence-electron chi connectivity index (χ3n) is 11.1. The number of carbonyl (C=O) groups is 1. The van der Waals surface area contributed by atoms with Crippen LogP contribution in [0.15, 0.2) is 152 Å². The Hall–Kier alpha value is -4.98. The molecule has 0 saturated carbocycles. The van der Waals surface area contributed by atoms with Crippen LogP contribution in [0, 0.1) is 17.4 Å². The zero-order valence-corrected chi connectivity index (χ0v) is 36.4. The average Bonchev–Trinajstić information content (AvgIpc) is 3.25. The molecule has 0 radical (unpaired) electrons. The molecule has 5 aromatic carbocycles. The van der Waals surface area contributed by atoms with Crippen molar-refractivity contribution in [2.45, 2.75) is 76.6 Å². The SMILES string of the molecule is CC[Si](CC)(CC)OCC[C@H](COC(c1ccccc1)(c1ccccc1)c1ccccc1)C1=C[C@H](C#C[Si](C)(C)C)N(C(=O)Oc2ccccc2)c2ccccc21. The zero-order valence-electron chi connectivity index (χ0n) is 34.4. The first-order chi connectivity index (χ1) is 27.6. The lowest BCUT2D eigenvalue weighted by Crippen LogP contribution is -2.44. The Morgan fingerprint density at radius 3 is 1.70 bits per heavy atom. The van der Waals surface area contributed by atoms with Crippen LogP contribution in [-0.2, 0) is 14.8 Å². The molecule has 0 unspecified atom stereocenters. The van der Waals surface area contributed by atoms with Crippen LogP contribution in [0.1, 0.15) is 49.4 Å². The fraction of sp³-hybridized carbons (Fsp3) is 0.300. The van der Waals surface area contributed by atoms with Crippen LogP contribution in [0.2, 0.25) is 37.8 Å². The molecule has 0 aliphatic carbocycles. The minimum absolute atomic E-state index is 0.0950. The van der Waals surface area contributed by atoms with E-state index in [9.17, 15) is 4.79 Å². The second-order valence-corrected chi connectivity index (χ2v) is 25.3. The van der Waals surface area contributed by atoms with Gasteiger partial charge in [0.25, 0.3) is 0 Å². The Kier molecular flexibility index (Phi) is 13.9. The summed E-state index contributed by atoms with van der Waals surface area (Å²) >= 11 is 0. The van der Waals surface area contributed by atoms with Crippen molar-refractivity contribution in [2.75, 3.05) is 18.1 Å². The Morgan fingerprint density at radius 2 is 1.19 bits per heavy atom. The zero-order chi connectivity index (χ0) is 40.3. The molecule has 0 bridgehead atoms. The molecule has 2 atom stereocenters. The summed E-state index contributed by atoms with van der Waals surface area (Å²) in [4.78, 5) is 15.9. The summed E-state index contributed by atoms with van der Waals surface area (Å²) in [6.07, 6.45) is 2.47. The Bertz CT molecular complexity index is 2030. The summed E-state index contributed by atoms with van der Waals surface area (Å²) in [5.74, 6) is 3.95. The van der Waals surface area contributed by atoms with Crippen molar-refractivity contribution in [2.24, 2.45) is 5.92 Å². The summed E-state index contributed by atoms with van der Waals surface area (Å²) < 4.78 is 20.5. The highest BCUT2D eigenvalue weighted by Crippen LogP contribution is 2.44. The molecule has 0 spiro atoms. The first-order valence-electron chi connectivity index (χ1n) is 20.5. The Labute approximate surface area is 342 Å². The van der Waals surface area contributed by atoms with Gasteiger partial charge in [-0.05, 0) is 71.1 Å². The number of benzene rings is 5. The smallest absolute Gasteiger partial charge is 0.417 e. The topological polar surface area (TPSA) is 48.0 Å². The van der Waals surface area contributed by atoms with Crippen LogP contribution in [0.25, 0.3) is 5.57 Å². The van der Waals surface area contributed by atoms with Crippen molar-refractivity contribution < 1.29 is 18.7 Å². The maximum Gasteiger partial charge on any atom is 0.421 e. The van der Waals surface area contributed by atoms with Crippen molar-refractivity contribution >= 4 is 33.7 Å². The van der Waals surface area contributed by atoms with E-state index in [1.165, 1.54) is 0 Å². The van der Waals surface area contributed by atoms with Gasteiger partial charge in [0.05, 0.1) is 12.3 Å².